The van der Waals surface area contributed by atoms with Gasteiger partial charge in [-0.05, 0) is 45.9 Å². The number of hydrogen-bond acceptors (Lipinski definition) is 4. The fourth-order valence-corrected chi connectivity index (χ4v) is 2.65. The SMILES string of the molecule is COc1nc(Sc2ccc(Cl)c(Cl)c2)ncc1Br. The maximum Gasteiger partial charge on any atom is 0.231 e. The molecular weight excluding hydrogens is 359 g/mol. The average Bonchev–Trinajstić information content (AvgIpc) is 2.36. The fourth-order valence-electron chi connectivity index (χ4n) is 1.17. The number of methoxy groups -OCH3 is 1. The van der Waals surface area contributed by atoms with Crippen molar-refractivity contribution in [1.29, 1.82) is 0 Å². The molecule has 1 heterocycles. The molecule has 0 saturated heterocycles. The molecule has 0 saturated carbocycles. The topological polar surface area (TPSA) is 35.0 Å². The van der Waals surface area contributed by atoms with E-state index < -0.39 is 0 Å². The van der Waals surface area contributed by atoms with Crippen LogP contribution in [0.4, 0.5) is 0 Å². The zero-order chi connectivity index (χ0) is 13.1. The lowest BCUT2D eigenvalue weighted by atomic mass is 10.4. The molecule has 0 spiro atoms. The monoisotopic (exact) mass is 364 g/mol. The summed E-state index contributed by atoms with van der Waals surface area (Å²) in [7, 11) is 1.56. The Kier molecular flexibility index (Phi) is 4.72. The smallest absolute Gasteiger partial charge is 0.231 e. The number of rotatable bonds is 3. The fraction of sp³-hybridized carbons (Fsp3) is 0.0909. The molecule has 2 rings (SSSR count). The second-order valence-corrected chi connectivity index (χ2v) is 5.90. The van der Waals surface area contributed by atoms with Crippen molar-refractivity contribution in [3.63, 3.8) is 0 Å². The molecule has 0 atom stereocenters. The van der Waals surface area contributed by atoms with Crippen LogP contribution in [-0.2, 0) is 0 Å². The van der Waals surface area contributed by atoms with E-state index in [4.69, 9.17) is 27.9 Å². The highest BCUT2D eigenvalue weighted by Gasteiger charge is 2.07. The van der Waals surface area contributed by atoms with Crippen LogP contribution in [0.15, 0.2) is 38.9 Å². The third-order valence-corrected chi connectivity index (χ3v) is 4.14. The summed E-state index contributed by atoms with van der Waals surface area (Å²) >= 11 is 16.5. The predicted octanol–water partition coefficient (Wildman–Crippen LogP) is 4.71. The van der Waals surface area contributed by atoms with Crippen LogP contribution in [0.5, 0.6) is 5.88 Å². The van der Waals surface area contributed by atoms with Crippen molar-refractivity contribution < 1.29 is 4.74 Å². The molecule has 3 nitrogen and oxygen atoms in total. The molecule has 0 amide bonds. The summed E-state index contributed by atoms with van der Waals surface area (Å²) in [5.41, 5.74) is 0. The molecule has 0 unspecified atom stereocenters. The van der Waals surface area contributed by atoms with Gasteiger partial charge in [0.15, 0.2) is 5.16 Å². The van der Waals surface area contributed by atoms with Gasteiger partial charge in [-0.1, -0.05) is 23.2 Å². The minimum absolute atomic E-state index is 0.493. The molecule has 0 aliphatic heterocycles. The molecule has 1 aromatic carbocycles. The van der Waals surface area contributed by atoms with Gasteiger partial charge in [-0.3, -0.25) is 0 Å². The molecule has 0 N–H and O–H groups in total. The Morgan fingerprint density at radius 3 is 2.72 bits per heavy atom. The van der Waals surface area contributed by atoms with Crippen molar-refractivity contribution >= 4 is 50.9 Å². The molecule has 0 bridgehead atoms. The van der Waals surface area contributed by atoms with Crippen molar-refractivity contribution in [3.8, 4) is 5.88 Å². The van der Waals surface area contributed by atoms with Crippen LogP contribution in [0.25, 0.3) is 0 Å². The largest absolute Gasteiger partial charge is 0.480 e. The lowest BCUT2D eigenvalue weighted by Gasteiger charge is -2.05. The van der Waals surface area contributed by atoms with E-state index in [2.05, 4.69) is 25.9 Å². The Hall–Kier alpha value is -0.490. The quantitative estimate of drug-likeness (QED) is 0.738. The van der Waals surface area contributed by atoms with Gasteiger partial charge in [0.2, 0.25) is 5.88 Å². The van der Waals surface area contributed by atoms with Crippen LogP contribution in [0.1, 0.15) is 0 Å². The second kappa shape index (κ2) is 6.10. The third-order valence-electron chi connectivity index (χ3n) is 1.98. The Labute approximate surface area is 127 Å². The van der Waals surface area contributed by atoms with Gasteiger partial charge in [0.05, 0.1) is 21.6 Å². The first-order valence-electron chi connectivity index (χ1n) is 4.79. The van der Waals surface area contributed by atoms with Crippen LogP contribution in [-0.4, -0.2) is 17.1 Å². The summed E-state index contributed by atoms with van der Waals surface area (Å²) in [5, 5.41) is 1.61. The van der Waals surface area contributed by atoms with E-state index in [9.17, 15) is 0 Å². The minimum atomic E-state index is 0.493. The van der Waals surface area contributed by atoms with Crippen LogP contribution in [0.2, 0.25) is 10.0 Å². The van der Waals surface area contributed by atoms with Gasteiger partial charge >= 0.3 is 0 Å². The molecule has 0 aliphatic carbocycles. The summed E-state index contributed by atoms with van der Waals surface area (Å²) in [4.78, 5) is 9.34. The van der Waals surface area contributed by atoms with Gasteiger partial charge in [0, 0.05) is 11.1 Å². The van der Waals surface area contributed by atoms with Gasteiger partial charge in [-0.25, -0.2) is 4.98 Å². The van der Waals surface area contributed by atoms with E-state index in [-0.39, 0.29) is 0 Å². The molecule has 0 radical (unpaired) electrons. The number of aromatic nitrogens is 2. The molecule has 94 valence electrons. The Bertz CT molecular complexity index is 583. The normalized spacial score (nSPS) is 10.4. The van der Waals surface area contributed by atoms with Gasteiger partial charge in [-0.2, -0.15) is 4.98 Å². The summed E-state index contributed by atoms with van der Waals surface area (Å²) in [6.45, 7) is 0. The molecule has 0 fully saturated rings. The van der Waals surface area contributed by atoms with Crippen molar-refractivity contribution in [3.05, 3.63) is 38.9 Å². The van der Waals surface area contributed by atoms with E-state index in [1.807, 2.05) is 6.07 Å². The number of ether oxygens (including phenoxy) is 1. The van der Waals surface area contributed by atoms with Crippen LogP contribution >= 0.6 is 50.9 Å². The van der Waals surface area contributed by atoms with Gasteiger partial charge < -0.3 is 4.74 Å². The van der Waals surface area contributed by atoms with Crippen molar-refractivity contribution in [1.82, 2.24) is 9.97 Å². The van der Waals surface area contributed by atoms with Crippen LogP contribution in [0.3, 0.4) is 0 Å². The standard InChI is InChI=1S/C11H7BrCl2N2OS/c1-17-10-7(12)5-15-11(16-10)18-6-2-3-8(13)9(14)4-6/h2-5H,1H3. The lowest BCUT2D eigenvalue weighted by molar-refractivity contribution is 0.389. The first kappa shape index (κ1) is 13.9. The summed E-state index contributed by atoms with van der Waals surface area (Å²) in [6, 6.07) is 5.37. The summed E-state index contributed by atoms with van der Waals surface area (Å²) in [5.74, 6) is 0.493. The van der Waals surface area contributed by atoms with E-state index in [1.165, 1.54) is 11.8 Å². The molecule has 7 heteroatoms. The number of hydrogen-bond donors (Lipinski definition) is 0. The van der Waals surface area contributed by atoms with E-state index in [1.54, 1.807) is 25.4 Å². The summed E-state index contributed by atoms with van der Waals surface area (Å²) in [6.07, 6.45) is 1.64. The van der Waals surface area contributed by atoms with Crippen molar-refractivity contribution in [2.24, 2.45) is 0 Å². The lowest BCUT2D eigenvalue weighted by Crippen LogP contribution is -1.93. The van der Waals surface area contributed by atoms with Crippen LogP contribution in [0, 0.1) is 0 Å². The van der Waals surface area contributed by atoms with Crippen molar-refractivity contribution in [2.45, 2.75) is 10.1 Å². The molecule has 1 aromatic heterocycles. The third kappa shape index (κ3) is 3.29. The highest BCUT2D eigenvalue weighted by atomic mass is 79.9. The first-order chi connectivity index (χ1) is 8.60. The van der Waals surface area contributed by atoms with Crippen molar-refractivity contribution in [2.75, 3.05) is 7.11 Å². The number of benzene rings is 1. The maximum absolute atomic E-state index is 5.95. The average molecular weight is 366 g/mol. The van der Waals surface area contributed by atoms with E-state index >= 15 is 0 Å². The predicted molar refractivity (Wildman–Crippen MR) is 76.9 cm³/mol. The van der Waals surface area contributed by atoms with E-state index in [0.29, 0.717) is 25.6 Å². The first-order valence-corrected chi connectivity index (χ1v) is 7.16. The highest BCUT2D eigenvalue weighted by Crippen LogP contribution is 2.32. The summed E-state index contributed by atoms with van der Waals surface area (Å²) < 4.78 is 5.82. The Morgan fingerprint density at radius 2 is 2.06 bits per heavy atom. The van der Waals surface area contributed by atoms with Gasteiger partial charge in [0.1, 0.15) is 0 Å². The molecule has 2 aromatic rings. The van der Waals surface area contributed by atoms with Crippen LogP contribution < -0.4 is 4.74 Å². The molecule has 18 heavy (non-hydrogen) atoms. The number of halogens is 3. The molecule has 0 aliphatic rings. The number of nitrogens with zero attached hydrogens (tertiary/aromatic N) is 2. The Morgan fingerprint density at radius 1 is 1.28 bits per heavy atom. The minimum Gasteiger partial charge on any atom is -0.480 e. The Balaban J connectivity index is 2.25. The van der Waals surface area contributed by atoms with Gasteiger partial charge in [-0.15, -0.1) is 0 Å². The molecular formula is C11H7BrCl2N2OS. The second-order valence-electron chi connectivity index (χ2n) is 3.19. The highest BCUT2D eigenvalue weighted by molar-refractivity contribution is 9.10. The zero-order valence-corrected chi connectivity index (χ0v) is 13.1. The zero-order valence-electron chi connectivity index (χ0n) is 9.15. The maximum atomic E-state index is 5.95. The van der Waals surface area contributed by atoms with E-state index in [0.717, 1.165) is 4.90 Å². The van der Waals surface area contributed by atoms with Gasteiger partial charge in [0.25, 0.3) is 0 Å².